The number of fused-ring (bicyclic) bond motifs is 3. The molecule has 1 aromatic carbocycles. The van der Waals surface area contributed by atoms with Crippen molar-refractivity contribution in [2.75, 3.05) is 38.2 Å². The molecule has 2 aliphatic rings. The molecule has 1 saturated heterocycles. The molecule has 3 aromatic rings. The second kappa shape index (κ2) is 11.6. The highest BCUT2D eigenvalue weighted by molar-refractivity contribution is 14.2. The second-order valence-electron chi connectivity index (χ2n) is 9.94. The van der Waals surface area contributed by atoms with Crippen LogP contribution >= 0.6 is 30.1 Å². The average molecular weight is 658 g/mol. The minimum atomic E-state index is -4.34. The Labute approximate surface area is 235 Å². The molecule has 2 atom stereocenters. The van der Waals surface area contributed by atoms with Crippen molar-refractivity contribution in [3.05, 3.63) is 59.0 Å². The van der Waals surface area contributed by atoms with E-state index in [1.807, 2.05) is 37.3 Å². The number of halogens is 5. The van der Waals surface area contributed by atoms with Crippen LogP contribution < -0.4 is 5.32 Å². The SMILES string of the molecule is C[C@@H]1Cc2c([nH]c3ccc(C#CSI)cc23)[C@@H](c2ccc(NC3CN(CCCF)C3)cn2)N1CC(F)(F)F. The fraction of sp³-hybridized carbons (Fsp3) is 0.444. The van der Waals surface area contributed by atoms with E-state index in [-0.39, 0.29) is 18.8 Å². The van der Waals surface area contributed by atoms with Gasteiger partial charge in [-0.2, -0.15) is 13.2 Å². The number of pyridine rings is 1. The number of H-pyrrole nitrogens is 1. The van der Waals surface area contributed by atoms with Gasteiger partial charge in [0.25, 0.3) is 0 Å². The fourth-order valence-electron chi connectivity index (χ4n) is 5.50. The third kappa shape index (κ3) is 6.08. The maximum Gasteiger partial charge on any atom is 0.401 e. The fourth-order valence-corrected chi connectivity index (χ4v) is 5.98. The van der Waals surface area contributed by atoms with Crippen LogP contribution in [0.1, 0.15) is 41.9 Å². The third-order valence-corrected chi connectivity index (χ3v) is 8.05. The van der Waals surface area contributed by atoms with Crippen molar-refractivity contribution >= 4 is 46.7 Å². The monoisotopic (exact) mass is 657 g/mol. The minimum absolute atomic E-state index is 0.252. The Kier molecular flexibility index (Phi) is 8.42. The van der Waals surface area contributed by atoms with Gasteiger partial charge >= 0.3 is 6.18 Å². The van der Waals surface area contributed by atoms with Gasteiger partial charge in [-0.1, -0.05) is 5.92 Å². The molecule has 0 amide bonds. The van der Waals surface area contributed by atoms with E-state index in [4.69, 9.17) is 0 Å². The summed E-state index contributed by atoms with van der Waals surface area (Å²) in [6, 6.07) is 8.85. The molecule has 4 heterocycles. The first-order chi connectivity index (χ1) is 18.3. The maximum absolute atomic E-state index is 13.7. The molecule has 2 N–H and O–H groups in total. The van der Waals surface area contributed by atoms with Gasteiger partial charge in [-0.15, -0.1) is 0 Å². The lowest BCUT2D eigenvalue weighted by Gasteiger charge is -2.41. The van der Waals surface area contributed by atoms with Crippen molar-refractivity contribution in [3.8, 4) is 11.2 Å². The first kappa shape index (κ1) is 27.6. The molecule has 2 aliphatic heterocycles. The number of likely N-dealkylation sites (tertiary alicyclic amines) is 1. The smallest absolute Gasteiger partial charge is 0.378 e. The van der Waals surface area contributed by atoms with Gasteiger partial charge in [0.1, 0.15) is 0 Å². The zero-order chi connectivity index (χ0) is 26.9. The molecule has 38 heavy (non-hydrogen) atoms. The standard InChI is InChI=1S/C27H28F4IN5S/c1-17-11-22-21-12-18(7-10-38-32)3-5-23(21)35-25(22)26(37(17)16-27(29,30)31)24-6-4-19(13-33-24)34-20-14-36(15-20)9-2-8-28/h3-6,12-13,17,20,26,34-35H,2,8-9,11,14-16H2,1H3/t17-,26-/m1/s1. The van der Waals surface area contributed by atoms with Gasteiger partial charge in [0.15, 0.2) is 0 Å². The number of rotatable bonds is 7. The Morgan fingerprint density at radius 2 is 2.05 bits per heavy atom. The molecule has 2 aromatic heterocycles. The molecule has 0 aliphatic carbocycles. The first-order valence-electron chi connectivity index (χ1n) is 12.5. The molecule has 0 unspecified atom stereocenters. The molecule has 0 saturated carbocycles. The summed E-state index contributed by atoms with van der Waals surface area (Å²) in [5, 5.41) is 7.41. The first-order valence-corrected chi connectivity index (χ1v) is 15.9. The van der Waals surface area contributed by atoms with Crippen molar-refractivity contribution in [1.82, 2.24) is 19.8 Å². The van der Waals surface area contributed by atoms with E-state index in [1.165, 1.54) is 13.8 Å². The average Bonchev–Trinajstić information content (AvgIpc) is 3.21. The molecule has 0 bridgehead atoms. The third-order valence-electron chi connectivity index (χ3n) is 7.21. The predicted molar refractivity (Wildman–Crippen MR) is 153 cm³/mol. The summed E-state index contributed by atoms with van der Waals surface area (Å²) in [5.41, 5.74) is 4.93. The Morgan fingerprint density at radius 3 is 2.74 bits per heavy atom. The molecule has 11 heteroatoms. The minimum Gasteiger partial charge on any atom is -0.378 e. The summed E-state index contributed by atoms with van der Waals surface area (Å²) >= 11 is 2.12. The van der Waals surface area contributed by atoms with Crippen molar-refractivity contribution in [2.24, 2.45) is 0 Å². The van der Waals surface area contributed by atoms with Crippen molar-refractivity contribution in [3.63, 3.8) is 0 Å². The number of aromatic nitrogens is 2. The molecular formula is C27H28F4IN5S. The van der Waals surface area contributed by atoms with E-state index in [0.717, 1.165) is 53.0 Å². The van der Waals surface area contributed by atoms with Gasteiger partial charge in [0, 0.05) is 69.0 Å². The molecule has 0 spiro atoms. The van der Waals surface area contributed by atoms with Crippen LogP contribution in [-0.4, -0.2) is 70.9 Å². The summed E-state index contributed by atoms with van der Waals surface area (Å²) in [4.78, 5) is 11.7. The summed E-state index contributed by atoms with van der Waals surface area (Å²) in [7, 11) is 1.41. The van der Waals surface area contributed by atoms with E-state index >= 15 is 0 Å². The Bertz CT molecular complexity index is 1330. The number of aromatic amines is 1. The van der Waals surface area contributed by atoms with Gasteiger partial charge < -0.3 is 10.3 Å². The van der Waals surface area contributed by atoms with E-state index < -0.39 is 18.8 Å². The highest BCUT2D eigenvalue weighted by atomic mass is 127. The Balaban J connectivity index is 1.44. The Hall–Kier alpha value is -2.01. The van der Waals surface area contributed by atoms with Crippen LogP contribution in [0.3, 0.4) is 0 Å². The molecular weight excluding hydrogens is 629 g/mol. The summed E-state index contributed by atoms with van der Waals surface area (Å²) < 4.78 is 53.5. The molecule has 1 fully saturated rings. The van der Waals surface area contributed by atoms with E-state index in [0.29, 0.717) is 18.5 Å². The van der Waals surface area contributed by atoms with Crippen molar-refractivity contribution in [2.45, 2.75) is 44.1 Å². The van der Waals surface area contributed by atoms with Crippen LogP contribution in [0.25, 0.3) is 10.9 Å². The van der Waals surface area contributed by atoms with Gasteiger partial charge in [-0.3, -0.25) is 19.2 Å². The molecule has 202 valence electrons. The number of benzene rings is 1. The Morgan fingerprint density at radius 1 is 1.24 bits per heavy atom. The zero-order valence-corrected chi connectivity index (χ0v) is 23.8. The number of alkyl halides is 4. The topological polar surface area (TPSA) is 47.2 Å². The van der Waals surface area contributed by atoms with Crippen LogP contribution in [0.4, 0.5) is 23.2 Å². The lowest BCUT2D eigenvalue weighted by molar-refractivity contribution is -0.155. The largest absolute Gasteiger partial charge is 0.401 e. The number of hydrogen-bond acceptors (Lipinski definition) is 5. The molecule has 5 rings (SSSR count). The quantitative estimate of drug-likeness (QED) is 0.177. The number of hydrogen-bond donors (Lipinski definition) is 2. The van der Waals surface area contributed by atoms with Crippen molar-refractivity contribution in [1.29, 1.82) is 0 Å². The maximum atomic E-state index is 13.7. The van der Waals surface area contributed by atoms with Crippen LogP contribution in [0.2, 0.25) is 0 Å². The number of nitrogens with zero attached hydrogens (tertiary/aromatic N) is 3. The highest BCUT2D eigenvalue weighted by Crippen LogP contribution is 2.41. The molecule has 0 radical (unpaired) electrons. The predicted octanol–water partition coefficient (Wildman–Crippen LogP) is 6.31. The van der Waals surface area contributed by atoms with Gasteiger partial charge in [0.05, 0.1) is 42.9 Å². The summed E-state index contributed by atoms with van der Waals surface area (Å²) in [6.07, 6.45) is -1.60. The highest BCUT2D eigenvalue weighted by Gasteiger charge is 2.42. The van der Waals surface area contributed by atoms with E-state index in [9.17, 15) is 17.6 Å². The second-order valence-corrected chi connectivity index (χ2v) is 11.6. The van der Waals surface area contributed by atoms with E-state index in [1.54, 1.807) is 6.20 Å². The normalized spacial score (nSPS) is 20.6. The summed E-state index contributed by atoms with van der Waals surface area (Å²) in [6.45, 7) is 2.94. The number of anilines is 1. The lowest BCUT2D eigenvalue weighted by Crippen LogP contribution is -2.54. The zero-order valence-electron chi connectivity index (χ0n) is 20.8. The lowest BCUT2D eigenvalue weighted by atomic mass is 9.90. The van der Waals surface area contributed by atoms with Crippen LogP contribution in [-0.2, 0) is 6.42 Å². The van der Waals surface area contributed by atoms with Gasteiger partial charge in [-0.05, 0) is 69.8 Å². The van der Waals surface area contributed by atoms with Crippen LogP contribution in [0.15, 0.2) is 36.5 Å². The van der Waals surface area contributed by atoms with Crippen LogP contribution in [0.5, 0.6) is 0 Å². The van der Waals surface area contributed by atoms with Gasteiger partial charge in [-0.25, -0.2) is 0 Å². The van der Waals surface area contributed by atoms with Crippen LogP contribution in [0, 0.1) is 11.2 Å². The van der Waals surface area contributed by atoms with Crippen molar-refractivity contribution < 1.29 is 17.6 Å². The molecule has 5 nitrogen and oxygen atoms in total. The van der Waals surface area contributed by atoms with E-state index in [2.05, 4.69) is 52.6 Å². The number of nitrogens with one attached hydrogen (secondary N) is 2. The summed E-state index contributed by atoms with van der Waals surface area (Å²) in [5.74, 6) is 3.11. The van der Waals surface area contributed by atoms with Gasteiger partial charge in [0.2, 0.25) is 0 Å².